The average molecular weight is 296 g/mol. The van der Waals surface area contributed by atoms with Crippen molar-refractivity contribution in [1.29, 1.82) is 5.41 Å². The number of esters is 1. The minimum absolute atomic E-state index is 0.216. The quantitative estimate of drug-likeness (QED) is 0.337. The third-order valence-corrected chi connectivity index (χ3v) is 3.78. The molecule has 0 amide bonds. The van der Waals surface area contributed by atoms with Crippen LogP contribution in [0.5, 0.6) is 0 Å². The number of likely N-dealkylation sites (N-methyl/N-ethyl adjacent to an activating group) is 1. The van der Waals surface area contributed by atoms with Crippen LogP contribution in [0.3, 0.4) is 0 Å². The van der Waals surface area contributed by atoms with Gasteiger partial charge in [0.1, 0.15) is 5.70 Å². The number of carbonyl (C=O) groups excluding carboxylic acids is 1. The number of carbonyl (C=O) groups is 1. The summed E-state index contributed by atoms with van der Waals surface area (Å²) in [5.74, 6) is -0.507. The summed E-state index contributed by atoms with van der Waals surface area (Å²) in [4.78, 5) is 12.1. The lowest BCUT2D eigenvalue weighted by atomic mass is 9.77. The van der Waals surface area contributed by atoms with Gasteiger partial charge in [-0.15, -0.1) is 0 Å². The second-order valence-corrected chi connectivity index (χ2v) is 5.81. The van der Waals surface area contributed by atoms with Gasteiger partial charge in [0, 0.05) is 18.2 Å². The number of hydrogen-bond acceptors (Lipinski definition) is 6. The van der Waals surface area contributed by atoms with Crippen LogP contribution in [0.4, 0.5) is 0 Å². The molecule has 118 valence electrons. The predicted molar refractivity (Wildman–Crippen MR) is 82.2 cm³/mol. The highest BCUT2D eigenvalue weighted by Crippen LogP contribution is 2.38. The number of allylic oxidation sites excluding steroid dienone is 1. The molecule has 0 bridgehead atoms. The summed E-state index contributed by atoms with van der Waals surface area (Å²) in [5, 5.41) is 10.6. The summed E-state index contributed by atoms with van der Waals surface area (Å²) in [6.45, 7) is 12.1. The van der Waals surface area contributed by atoms with Crippen LogP contribution < -0.4 is 5.32 Å². The molecule has 1 fully saturated rings. The van der Waals surface area contributed by atoms with Crippen molar-refractivity contribution in [2.24, 2.45) is 0 Å². The van der Waals surface area contributed by atoms with Crippen LogP contribution in [0.25, 0.3) is 0 Å². The molecule has 0 spiro atoms. The third kappa shape index (κ3) is 3.65. The minimum atomic E-state index is -0.772. The number of ether oxygens (including phenoxy) is 1. The fourth-order valence-corrected chi connectivity index (χ4v) is 1.90. The van der Waals surface area contributed by atoms with Crippen molar-refractivity contribution in [3.05, 3.63) is 11.2 Å². The van der Waals surface area contributed by atoms with Gasteiger partial charge in [0.15, 0.2) is 0 Å². The van der Waals surface area contributed by atoms with Gasteiger partial charge in [-0.1, -0.05) is 0 Å². The van der Waals surface area contributed by atoms with E-state index < -0.39 is 24.3 Å². The Balaban J connectivity index is 3.17. The highest BCUT2D eigenvalue weighted by molar-refractivity contribution is 6.61. The first-order valence-corrected chi connectivity index (χ1v) is 7.21. The van der Waals surface area contributed by atoms with Crippen LogP contribution in [0.15, 0.2) is 11.2 Å². The molecular weight excluding hydrogens is 271 g/mol. The highest BCUT2D eigenvalue weighted by atomic mass is 16.7. The molecule has 1 aliphatic rings. The predicted octanol–water partition coefficient (Wildman–Crippen LogP) is 1.69. The largest absolute Gasteiger partial charge is 0.498 e. The molecule has 2 N–H and O–H groups in total. The molecule has 0 atom stereocenters. The molecule has 7 heteroatoms. The van der Waals surface area contributed by atoms with Crippen LogP contribution in [0.2, 0.25) is 0 Å². The van der Waals surface area contributed by atoms with Crippen molar-refractivity contribution in [3.63, 3.8) is 0 Å². The molecule has 0 saturated carbocycles. The van der Waals surface area contributed by atoms with Gasteiger partial charge < -0.3 is 24.8 Å². The first-order chi connectivity index (χ1) is 9.70. The fraction of sp³-hybridized carbons (Fsp3) is 0.714. The summed E-state index contributed by atoms with van der Waals surface area (Å²) >= 11 is 0. The standard InChI is InChI=1S/C14H25BN2O4/c1-7-17-11(12(18)19-8-2)10(9-16)15-20-13(3,4)14(5,6)21-15/h9,16-17H,7-8H2,1-6H3/b11-10+,16-9?. The Hall–Kier alpha value is -1.34. The van der Waals surface area contributed by atoms with Crippen LogP contribution in [0, 0.1) is 5.41 Å². The lowest BCUT2D eigenvalue weighted by molar-refractivity contribution is -0.139. The zero-order valence-corrected chi connectivity index (χ0v) is 13.7. The van der Waals surface area contributed by atoms with Crippen molar-refractivity contribution >= 4 is 19.3 Å². The molecule has 0 unspecified atom stereocenters. The molecule has 0 aromatic rings. The molecule has 0 aliphatic carbocycles. The van der Waals surface area contributed by atoms with Gasteiger partial charge in [-0.3, -0.25) is 0 Å². The maximum atomic E-state index is 12.1. The van der Waals surface area contributed by atoms with Crippen molar-refractivity contribution in [3.8, 4) is 0 Å². The van der Waals surface area contributed by atoms with E-state index in [1.54, 1.807) is 6.92 Å². The number of rotatable bonds is 6. The Bertz CT molecular complexity index is 430. The van der Waals surface area contributed by atoms with Crippen molar-refractivity contribution in [2.45, 2.75) is 52.7 Å². The van der Waals surface area contributed by atoms with Crippen LogP contribution in [-0.4, -0.2) is 43.7 Å². The van der Waals surface area contributed by atoms with Gasteiger partial charge in [0.25, 0.3) is 0 Å². The molecule has 0 radical (unpaired) electrons. The normalized spacial score (nSPS) is 20.8. The maximum Gasteiger partial charge on any atom is 0.498 e. The van der Waals surface area contributed by atoms with Crippen LogP contribution >= 0.6 is 0 Å². The molecule has 1 heterocycles. The SMILES string of the molecule is CCN/C(C(=O)OCC)=C(\C=N)B1OC(C)(C)C(C)(C)O1. The van der Waals surface area contributed by atoms with Gasteiger partial charge >= 0.3 is 13.1 Å². The summed E-state index contributed by atoms with van der Waals surface area (Å²) < 4.78 is 16.8. The van der Waals surface area contributed by atoms with E-state index in [-0.39, 0.29) is 12.3 Å². The van der Waals surface area contributed by atoms with Gasteiger partial charge in [-0.05, 0) is 41.5 Å². The van der Waals surface area contributed by atoms with Crippen molar-refractivity contribution in [2.75, 3.05) is 13.2 Å². The number of hydrogen-bond donors (Lipinski definition) is 2. The smallest absolute Gasteiger partial charge is 0.461 e. The van der Waals surface area contributed by atoms with E-state index >= 15 is 0 Å². The summed E-state index contributed by atoms with van der Waals surface area (Å²) in [6, 6.07) is 0. The first-order valence-electron chi connectivity index (χ1n) is 7.21. The van der Waals surface area contributed by atoms with E-state index in [1.807, 2.05) is 34.6 Å². The molecule has 1 saturated heterocycles. The topological polar surface area (TPSA) is 80.6 Å². The monoisotopic (exact) mass is 296 g/mol. The third-order valence-electron chi connectivity index (χ3n) is 3.78. The summed E-state index contributed by atoms with van der Waals surface area (Å²) in [7, 11) is -0.772. The Labute approximate surface area is 126 Å². The van der Waals surface area contributed by atoms with E-state index in [4.69, 9.17) is 19.5 Å². The molecule has 6 nitrogen and oxygen atoms in total. The Morgan fingerprint density at radius 3 is 2.14 bits per heavy atom. The van der Waals surface area contributed by atoms with E-state index in [2.05, 4.69) is 5.32 Å². The van der Waals surface area contributed by atoms with E-state index in [1.165, 1.54) is 0 Å². The van der Waals surface area contributed by atoms with Gasteiger partial charge in [-0.25, -0.2) is 4.79 Å². The van der Waals surface area contributed by atoms with Gasteiger partial charge in [0.05, 0.1) is 17.8 Å². The van der Waals surface area contributed by atoms with Crippen LogP contribution in [-0.2, 0) is 18.8 Å². The van der Waals surface area contributed by atoms with Crippen molar-refractivity contribution < 1.29 is 18.8 Å². The van der Waals surface area contributed by atoms with Gasteiger partial charge in [-0.2, -0.15) is 0 Å². The minimum Gasteiger partial charge on any atom is -0.461 e. The summed E-state index contributed by atoms with van der Waals surface area (Å²) in [5.41, 5.74) is -0.502. The van der Waals surface area contributed by atoms with Crippen molar-refractivity contribution in [1.82, 2.24) is 5.32 Å². The number of nitrogens with one attached hydrogen (secondary N) is 2. The van der Waals surface area contributed by atoms with Gasteiger partial charge in [0.2, 0.25) is 0 Å². The average Bonchev–Trinajstić information content (AvgIpc) is 2.58. The maximum absolute atomic E-state index is 12.1. The zero-order chi connectivity index (χ0) is 16.3. The summed E-state index contributed by atoms with van der Waals surface area (Å²) in [6.07, 6.45) is 1.08. The van der Waals surface area contributed by atoms with E-state index in [9.17, 15) is 4.79 Å². The molecule has 21 heavy (non-hydrogen) atoms. The highest BCUT2D eigenvalue weighted by Gasteiger charge is 2.53. The molecule has 1 aliphatic heterocycles. The molecular formula is C14H25BN2O4. The Morgan fingerprint density at radius 1 is 1.24 bits per heavy atom. The molecule has 1 rings (SSSR count). The fourth-order valence-electron chi connectivity index (χ4n) is 1.90. The Kier molecular flexibility index (Phi) is 5.58. The first kappa shape index (κ1) is 17.7. The Morgan fingerprint density at radius 2 is 1.76 bits per heavy atom. The molecule has 0 aromatic heterocycles. The zero-order valence-electron chi connectivity index (χ0n) is 13.7. The lowest BCUT2D eigenvalue weighted by Gasteiger charge is -2.32. The second kappa shape index (κ2) is 6.62. The van der Waals surface area contributed by atoms with E-state index in [0.717, 1.165) is 6.21 Å². The molecule has 0 aromatic carbocycles. The second-order valence-electron chi connectivity index (χ2n) is 5.81. The lowest BCUT2D eigenvalue weighted by Crippen LogP contribution is -2.41. The van der Waals surface area contributed by atoms with E-state index in [0.29, 0.717) is 12.0 Å². The van der Waals surface area contributed by atoms with Crippen LogP contribution in [0.1, 0.15) is 41.5 Å².